The molecule has 11 heteroatoms. The van der Waals surface area contributed by atoms with Gasteiger partial charge in [-0.1, -0.05) is 26.3 Å². The largest absolute Gasteiger partial charge is 0.508 e. The highest BCUT2D eigenvalue weighted by Gasteiger charge is 2.48. The highest BCUT2D eigenvalue weighted by atomic mass is 19.1. The van der Waals surface area contributed by atoms with Gasteiger partial charge in [0, 0.05) is 29.8 Å². The van der Waals surface area contributed by atoms with E-state index in [1.54, 1.807) is 19.1 Å². The molecule has 2 aliphatic heterocycles. The first kappa shape index (κ1) is 32.9. The Bertz CT molecular complexity index is 1840. The Kier molecular flexibility index (Phi) is 8.89. The van der Waals surface area contributed by atoms with Crippen LogP contribution in [0.15, 0.2) is 30.5 Å². The van der Waals surface area contributed by atoms with Crippen LogP contribution < -0.4 is 9.64 Å². The third-order valence-corrected chi connectivity index (χ3v) is 10.6. The topological polar surface area (TPSA) is 104 Å². The number of ether oxygens (including phenoxy) is 2. The maximum atomic E-state index is 17.0. The van der Waals surface area contributed by atoms with Crippen LogP contribution in [-0.4, -0.2) is 87.7 Å². The van der Waals surface area contributed by atoms with Crippen LogP contribution >= 0.6 is 0 Å². The van der Waals surface area contributed by atoms with E-state index in [2.05, 4.69) is 21.8 Å². The number of anilines is 1. The lowest BCUT2D eigenvalue weighted by molar-refractivity contribution is -0.0123. The minimum Gasteiger partial charge on any atom is -0.508 e. The van der Waals surface area contributed by atoms with Crippen LogP contribution in [0.25, 0.3) is 32.9 Å². The number of piperidine rings is 1. The Labute approximate surface area is 279 Å². The summed E-state index contributed by atoms with van der Waals surface area (Å²) in [6.07, 6.45) is 8.50. The molecule has 3 fully saturated rings. The zero-order valence-corrected chi connectivity index (χ0v) is 28.1. The van der Waals surface area contributed by atoms with E-state index in [1.165, 1.54) is 18.3 Å². The quantitative estimate of drug-likeness (QED) is 0.222. The van der Waals surface area contributed by atoms with E-state index >= 15 is 8.78 Å². The van der Waals surface area contributed by atoms with Gasteiger partial charge in [-0.3, -0.25) is 9.88 Å². The number of rotatable bonds is 8. The van der Waals surface area contributed by atoms with Gasteiger partial charge in [0.1, 0.15) is 34.2 Å². The first-order chi connectivity index (χ1) is 23.1. The number of benzene rings is 2. The molecule has 1 saturated carbocycles. The molecule has 3 unspecified atom stereocenters. The number of phenols is 1. The van der Waals surface area contributed by atoms with Gasteiger partial charge in [-0.25, -0.2) is 8.78 Å². The summed E-state index contributed by atoms with van der Waals surface area (Å²) in [6, 6.07) is 6.40. The Morgan fingerprint density at radius 1 is 1.10 bits per heavy atom. The number of aryl methyl sites for hydroxylation is 1. The molecule has 3 aliphatic rings. The van der Waals surface area contributed by atoms with Gasteiger partial charge in [0.15, 0.2) is 5.82 Å². The van der Waals surface area contributed by atoms with E-state index in [0.29, 0.717) is 59.8 Å². The summed E-state index contributed by atoms with van der Waals surface area (Å²) in [6.45, 7) is 9.48. The second-order valence-electron chi connectivity index (χ2n) is 14.2. The van der Waals surface area contributed by atoms with Crippen LogP contribution in [0.5, 0.6) is 11.8 Å². The van der Waals surface area contributed by atoms with E-state index in [9.17, 15) is 10.2 Å². The monoisotopic (exact) mass is 661 g/mol. The maximum absolute atomic E-state index is 17.0. The molecule has 0 amide bonds. The molecule has 0 bridgehead atoms. The molecule has 3 atom stereocenters. The van der Waals surface area contributed by atoms with Gasteiger partial charge < -0.3 is 24.6 Å². The Balaban J connectivity index is 1.36. The summed E-state index contributed by atoms with van der Waals surface area (Å²) in [5.41, 5.74) is -0.536. The fourth-order valence-corrected chi connectivity index (χ4v) is 8.51. The normalized spacial score (nSPS) is 25.0. The van der Waals surface area contributed by atoms with Crippen molar-refractivity contribution in [2.75, 3.05) is 50.9 Å². The number of nitrogens with zero attached hydrogens (tertiary/aromatic N) is 5. The summed E-state index contributed by atoms with van der Waals surface area (Å²) in [4.78, 5) is 18.5. The molecule has 1 aliphatic carbocycles. The first-order valence-corrected chi connectivity index (χ1v) is 17.4. The van der Waals surface area contributed by atoms with Crippen LogP contribution in [0.4, 0.5) is 14.6 Å². The van der Waals surface area contributed by atoms with Gasteiger partial charge in [0.2, 0.25) is 0 Å². The van der Waals surface area contributed by atoms with E-state index < -0.39 is 17.2 Å². The lowest BCUT2D eigenvalue weighted by atomic mass is 9.75. The number of aliphatic hydroxyl groups is 1. The van der Waals surface area contributed by atoms with Crippen molar-refractivity contribution in [3.8, 4) is 23.0 Å². The number of halogens is 2. The molecule has 7 rings (SSSR count). The van der Waals surface area contributed by atoms with Crippen LogP contribution in [0.1, 0.15) is 64.9 Å². The standard InChI is InChI=1S/C37H45F2N5O4/c1-4-13-43-14-7-12-37(11-6-8-29(37)43)22-48-35-41-33-27(34(42-35)44-15-16-47-21-36(3,46)20-44)19-40-32(31(33)39)26-18-24(45)17-23-9-10-28(38)25(5-2)30(23)26/h9-10,17-19,29,45-46H,4-8,11-16,20-22H2,1-3H3. The van der Waals surface area contributed by atoms with Crippen molar-refractivity contribution >= 4 is 27.5 Å². The fourth-order valence-electron chi connectivity index (χ4n) is 8.51. The molecule has 2 saturated heterocycles. The van der Waals surface area contributed by atoms with Gasteiger partial charge >= 0.3 is 6.01 Å². The average Bonchev–Trinajstić information content (AvgIpc) is 3.42. The van der Waals surface area contributed by atoms with E-state index in [4.69, 9.17) is 14.5 Å². The van der Waals surface area contributed by atoms with Gasteiger partial charge in [-0.2, -0.15) is 9.97 Å². The van der Waals surface area contributed by atoms with Crippen molar-refractivity contribution in [2.24, 2.45) is 5.41 Å². The predicted octanol–water partition coefficient (Wildman–Crippen LogP) is 6.40. The number of aromatic hydroxyl groups is 1. The molecular weight excluding hydrogens is 616 g/mol. The predicted molar refractivity (Wildman–Crippen MR) is 182 cm³/mol. The molecular formula is C37H45F2N5O4. The lowest BCUT2D eigenvalue weighted by Crippen LogP contribution is -2.52. The minimum atomic E-state index is -1.16. The van der Waals surface area contributed by atoms with Crippen LogP contribution in [-0.2, 0) is 11.2 Å². The second kappa shape index (κ2) is 13.0. The van der Waals surface area contributed by atoms with Crippen LogP contribution in [0.2, 0.25) is 0 Å². The number of hydrogen-bond donors (Lipinski definition) is 2. The summed E-state index contributed by atoms with van der Waals surface area (Å²) in [5, 5.41) is 23.1. The summed E-state index contributed by atoms with van der Waals surface area (Å²) in [5.74, 6) is -0.808. The maximum Gasteiger partial charge on any atom is 0.319 e. The van der Waals surface area contributed by atoms with Crippen molar-refractivity contribution in [1.29, 1.82) is 0 Å². The summed E-state index contributed by atoms with van der Waals surface area (Å²) in [7, 11) is 0. The Hall–Kier alpha value is -3.67. The minimum absolute atomic E-state index is 0.00692. The zero-order chi connectivity index (χ0) is 33.6. The first-order valence-electron chi connectivity index (χ1n) is 17.4. The van der Waals surface area contributed by atoms with Gasteiger partial charge in [0.25, 0.3) is 0 Å². The number of hydrogen-bond acceptors (Lipinski definition) is 9. The number of fused-ring (bicyclic) bond motifs is 3. The highest BCUT2D eigenvalue weighted by Crippen LogP contribution is 2.48. The van der Waals surface area contributed by atoms with E-state index in [-0.39, 0.29) is 47.1 Å². The molecule has 9 nitrogen and oxygen atoms in total. The van der Waals surface area contributed by atoms with Gasteiger partial charge in [-0.05, 0) is 93.1 Å². The second-order valence-corrected chi connectivity index (χ2v) is 14.2. The Morgan fingerprint density at radius 2 is 1.94 bits per heavy atom. The third-order valence-electron chi connectivity index (χ3n) is 10.6. The van der Waals surface area contributed by atoms with E-state index in [1.807, 2.05) is 11.8 Å². The molecule has 2 aromatic carbocycles. The SMILES string of the molecule is CCCN1CCCC2(COc3nc(N4CCOCC(C)(O)C4)c4cnc(-c5cc(O)cc6ccc(F)c(CC)c56)c(F)c4n3)CCCC12. The van der Waals surface area contributed by atoms with Crippen molar-refractivity contribution in [1.82, 2.24) is 19.9 Å². The highest BCUT2D eigenvalue weighted by molar-refractivity contribution is 6.01. The lowest BCUT2D eigenvalue weighted by Gasteiger charge is -2.46. The molecule has 256 valence electrons. The van der Waals surface area contributed by atoms with Crippen molar-refractivity contribution in [3.63, 3.8) is 0 Å². The third kappa shape index (κ3) is 5.94. The van der Waals surface area contributed by atoms with Crippen LogP contribution in [0.3, 0.4) is 0 Å². The van der Waals surface area contributed by atoms with Gasteiger partial charge in [-0.15, -0.1) is 0 Å². The van der Waals surface area contributed by atoms with Gasteiger partial charge in [0.05, 0.1) is 31.8 Å². The number of pyridine rings is 1. The number of phenolic OH excluding ortho intramolecular Hbond substituents is 1. The summed E-state index contributed by atoms with van der Waals surface area (Å²) < 4.78 is 44.2. The zero-order valence-electron chi connectivity index (χ0n) is 28.1. The molecule has 0 radical (unpaired) electrons. The van der Waals surface area contributed by atoms with Crippen molar-refractivity contribution in [2.45, 2.75) is 77.4 Å². The van der Waals surface area contributed by atoms with Crippen molar-refractivity contribution < 1.29 is 28.5 Å². The molecule has 4 aromatic rings. The molecule has 2 aromatic heterocycles. The number of likely N-dealkylation sites (tertiary alicyclic amines) is 1. The molecule has 4 heterocycles. The summed E-state index contributed by atoms with van der Waals surface area (Å²) >= 11 is 0. The average molecular weight is 662 g/mol. The van der Waals surface area contributed by atoms with Crippen molar-refractivity contribution in [3.05, 3.63) is 47.7 Å². The molecule has 0 spiro atoms. The molecule has 48 heavy (non-hydrogen) atoms. The molecule has 2 N–H and O–H groups in total. The van der Waals surface area contributed by atoms with Crippen LogP contribution in [0, 0.1) is 17.0 Å². The Morgan fingerprint density at radius 3 is 2.75 bits per heavy atom. The number of aromatic nitrogens is 3. The fraction of sp³-hybridized carbons (Fsp3) is 0.541. The van der Waals surface area contributed by atoms with E-state index in [0.717, 1.165) is 51.6 Å². The number of β-amino-alcohol motifs (C(OH)–C–C–N with tert-alkyl or cyclic N) is 1. The smallest absolute Gasteiger partial charge is 0.319 e.